The summed E-state index contributed by atoms with van der Waals surface area (Å²) in [7, 11) is 0. The van der Waals surface area contributed by atoms with Gasteiger partial charge in [-0.05, 0) is 0 Å². The zero-order valence-corrected chi connectivity index (χ0v) is 9.54. The number of hydrogen-bond acceptors (Lipinski definition) is 7. The highest BCUT2D eigenvalue weighted by molar-refractivity contribution is 5.59. The summed E-state index contributed by atoms with van der Waals surface area (Å²) >= 11 is 0. The van der Waals surface area contributed by atoms with Crippen molar-refractivity contribution in [3.8, 4) is 0 Å². The maximum absolute atomic E-state index is 11.0. The Hall–Kier alpha value is -0.890. The lowest BCUT2D eigenvalue weighted by molar-refractivity contribution is 0.0568. The summed E-state index contributed by atoms with van der Waals surface area (Å²) in [5.41, 5.74) is 10.5. The fraction of sp³-hybridized carbons (Fsp3) is 0.889. The highest BCUT2D eigenvalue weighted by Gasteiger charge is 2.01. The zero-order chi connectivity index (χ0) is 12.1. The summed E-state index contributed by atoms with van der Waals surface area (Å²) in [6.45, 7) is 4.29. The van der Waals surface area contributed by atoms with Crippen LogP contribution in [-0.2, 0) is 9.47 Å². The largest absolute Gasteiger partial charge is 0.508 e. The van der Waals surface area contributed by atoms with Crippen molar-refractivity contribution in [1.29, 1.82) is 0 Å². The average molecular weight is 234 g/mol. The molecule has 0 saturated heterocycles. The van der Waals surface area contributed by atoms with E-state index in [0.29, 0.717) is 39.3 Å². The van der Waals surface area contributed by atoms with Gasteiger partial charge in [0.1, 0.15) is 13.2 Å². The lowest BCUT2D eigenvalue weighted by Gasteiger charge is -2.07. The molecule has 0 fully saturated rings. The average Bonchev–Trinajstić information content (AvgIpc) is 2.28. The van der Waals surface area contributed by atoms with Gasteiger partial charge in [-0.2, -0.15) is 0 Å². The van der Waals surface area contributed by atoms with Crippen LogP contribution in [0.4, 0.5) is 4.79 Å². The minimum Gasteiger partial charge on any atom is -0.433 e. The zero-order valence-electron chi connectivity index (χ0n) is 9.54. The van der Waals surface area contributed by atoms with Crippen LogP contribution >= 0.6 is 0 Å². The molecule has 7 nitrogen and oxygen atoms in total. The molecule has 0 rings (SSSR count). The minimum atomic E-state index is -0.649. The molecule has 7 heteroatoms. The monoisotopic (exact) mass is 234 g/mol. The molecule has 0 aliphatic rings. The Labute approximate surface area is 95.8 Å². The Bertz CT molecular complexity index is 153. The molecule has 96 valence electrons. The van der Waals surface area contributed by atoms with Crippen molar-refractivity contribution in [2.45, 2.75) is 0 Å². The van der Waals surface area contributed by atoms with Gasteiger partial charge in [0.15, 0.2) is 0 Å². The Balaban J connectivity index is 3.12. The molecular formula is C9H22N4O3. The van der Waals surface area contributed by atoms with Crippen LogP contribution in [0.25, 0.3) is 0 Å². The molecule has 0 radical (unpaired) electrons. The van der Waals surface area contributed by atoms with Crippen molar-refractivity contribution in [1.82, 2.24) is 10.6 Å². The molecule has 0 saturated carbocycles. The van der Waals surface area contributed by atoms with E-state index in [-0.39, 0.29) is 13.2 Å². The van der Waals surface area contributed by atoms with E-state index in [4.69, 9.17) is 20.9 Å². The van der Waals surface area contributed by atoms with E-state index in [2.05, 4.69) is 10.6 Å². The van der Waals surface area contributed by atoms with Gasteiger partial charge in [0, 0.05) is 39.3 Å². The maximum atomic E-state index is 11.0. The molecule has 0 aromatic rings. The predicted molar refractivity (Wildman–Crippen MR) is 61.1 cm³/mol. The van der Waals surface area contributed by atoms with Crippen LogP contribution < -0.4 is 22.1 Å². The molecule has 0 aromatic heterocycles. The lowest BCUT2D eigenvalue weighted by atomic mass is 10.6. The van der Waals surface area contributed by atoms with Gasteiger partial charge < -0.3 is 31.6 Å². The van der Waals surface area contributed by atoms with Crippen molar-refractivity contribution < 1.29 is 14.3 Å². The summed E-state index contributed by atoms with van der Waals surface area (Å²) in [5, 5.41) is 5.98. The number of hydrogen-bond donors (Lipinski definition) is 4. The van der Waals surface area contributed by atoms with E-state index >= 15 is 0 Å². The number of nitrogens with one attached hydrogen (secondary N) is 2. The Morgan fingerprint density at radius 1 is 0.875 bits per heavy atom. The lowest BCUT2D eigenvalue weighted by Crippen LogP contribution is -2.28. The van der Waals surface area contributed by atoms with Gasteiger partial charge in [-0.3, -0.25) is 0 Å². The van der Waals surface area contributed by atoms with Crippen LogP contribution in [0, 0.1) is 0 Å². The first-order chi connectivity index (χ1) is 7.81. The van der Waals surface area contributed by atoms with Crippen LogP contribution in [0.2, 0.25) is 0 Å². The fourth-order valence-electron chi connectivity index (χ4n) is 0.909. The first-order valence-electron chi connectivity index (χ1n) is 5.42. The molecule has 0 amide bonds. The molecule has 0 aromatic carbocycles. The number of carbonyl (C=O) groups excluding carboxylic acids is 1. The summed E-state index contributed by atoms with van der Waals surface area (Å²) in [6, 6.07) is 0. The smallest absolute Gasteiger partial charge is 0.433 e. The Morgan fingerprint density at radius 2 is 1.31 bits per heavy atom. The summed E-state index contributed by atoms with van der Waals surface area (Å²) in [4.78, 5) is 11.0. The molecule has 0 heterocycles. The molecule has 16 heavy (non-hydrogen) atoms. The van der Waals surface area contributed by atoms with E-state index in [9.17, 15) is 4.79 Å². The van der Waals surface area contributed by atoms with Gasteiger partial charge in [0.25, 0.3) is 0 Å². The maximum Gasteiger partial charge on any atom is 0.508 e. The van der Waals surface area contributed by atoms with Gasteiger partial charge in [-0.1, -0.05) is 0 Å². The SMILES string of the molecule is NCCNCCOC(=O)OCCNCCN. The van der Waals surface area contributed by atoms with Crippen LogP contribution in [-0.4, -0.2) is 58.6 Å². The second kappa shape index (κ2) is 12.2. The molecule has 0 aliphatic carbocycles. The second-order valence-corrected chi connectivity index (χ2v) is 3.02. The van der Waals surface area contributed by atoms with Crippen LogP contribution in [0.5, 0.6) is 0 Å². The van der Waals surface area contributed by atoms with Crippen molar-refractivity contribution in [2.24, 2.45) is 11.5 Å². The highest BCUT2D eigenvalue weighted by atomic mass is 16.7. The second-order valence-electron chi connectivity index (χ2n) is 3.02. The number of nitrogens with two attached hydrogens (primary N) is 2. The molecule has 0 atom stereocenters. The van der Waals surface area contributed by atoms with Gasteiger partial charge in [-0.15, -0.1) is 0 Å². The first kappa shape index (κ1) is 15.1. The third-order valence-corrected chi connectivity index (χ3v) is 1.64. The van der Waals surface area contributed by atoms with E-state index < -0.39 is 6.16 Å². The van der Waals surface area contributed by atoms with E-state index in [0.717, 1.165) is 0 Å². The van der Waals surface area contributed by atoms with Crippen LogP contribution in [0.3, 0.4) is 0 Å². The fourth-order valence-corrected chi connectivity index (χ4v) is 0.909. The molecular weight excluding hydrogens is 212 g/mol. The van der Waals surface area contributed by atoms with Crippen molar-refractivity contribution in [3.63, 3.8) is 0 Å². The number of rotatable bonds is 10. The summed E-state index contributed by atoms with van der Waals surface area (Å²) in [5.74, 6) is 0. The first-order valence-corrected chi connectivity index (χ1v) is 5.42. The quantitative estimate of drug-likeness (QED) is 0.261. The Morgan fingerprint density at radius 3 is 1.69 bits per heavy atom. The third kappa shape index (κ3) is 11.2. The molecule has 6 N–H and O–H groups in total. The van der Waals surface area contributed by atoms with E-state index in [1.807, 2.05) is 0 Å². The normalized spacial score (nSPS) is 10.1. The molecule has 0 spiro atoms. The third-order valence-electron chi connectivity index (χ3n) is 1.64. The van der Waals surface area contributed by atoms with Gasteiger partial charge in [0.05, 0.1) is 0 Å². The topological polar surface area (TPSA) is 112 Å². The number of carbonyl (C=O) groups is 1. The van der Waals surface area contributed by atoms with Crippen LogP contribution in [0.15, 0.2) is 0 Å². The summed E-state index contributed by atoms with van der Waals surface area (Å²) < 4.78 is 9.56. The predicted octanol–water partition coefficient (Wildman–Crippen LogP) is -1.76. The highest BCUT2D eigenvalue weighted by Crippen LogP contribution is 1.83. The minimum absolute atomic E-state index is 0.287. The molecule has 0 unspecified atom stereocenters. The molecule has 0 bridgehead atoms. The van der Waals surface area contributed by atoms with Gasteiger partial charge >= 0.3 is 6.16 Å². The summed E-state index contributed by atoms with van der Waals surface area (Å²) in [6.07, 6.45) is -0.649. The van der Waals surface area contributed by atoms with Crippen molar-refractivity contribution in [3.05, 3.63) is 0 Å². The van der Waals surface area contributed by atoms with E-state index in [1.165, 1.54) is 0 Å². The Kier molecular flexibility index (Phi) is 11.5. The van der Waals surface area contributed by atoms with Crippen molar-refractivity contribution >= 4 is 6.16 Å². The van der Waals surface area contributed by atoms with Crippen LogP contribution in [0.1, 0.15) is 0 Å². The van der Waals surface area contributed by atoms with Crippen molar-refractivity contribution in [2.75, 3.05) is 52.5 Å². The van der Waals surface area contributed by atoms with Gasteiger partial charge in [-0.25, -0.2) is 4.79 Å². The number of ether oxygens (including phenoxy) is 2. The van der Waals surface area contributed by atoms with E-state index in [1.54, 1.807) is 0 Å². The standard InChI is InChI=1S/C9H22N4O3/c10-1-3-12-5-7-15-9(14)16-8-6-13-4-2-11/h12-13H,1-8,10-11H2. The van der Waals surface area contributed by atoms with Gasteiger partial charge in [0.2, 0.25) is 0 Å². The molecule has 0 aliphatic heterocycles.